The number of hydrogen-bond donors (Lipinski definition) is 1. The van der Waals surface area contributed by atoms with E-state index in [4.69, 9.17) is 37.3 Å². The summed E-state index contributed by atoms with van der Waals surface area (Å²) < 4.78 is 53.3. The van der Waals surface area contributed by atoms with E-state index in [0.29, 0.717) is 25.6 Å². The van der Waals surface area contributed by atoms with E-state index in [-0.39, 0.29) is 52.2 Å². The normalized spacial score (nSPS) is 27.3. The van der Waals surface area contributed by atoms with Crippen molar-refractivity contribution >= 4 is 27.0 Å². The maximum Gasteiger partial charge on any atom is 0.261 e. The third-order valence-corrected chi connectivity index (χ3v) is 25.7. The fourth-order valence-electron chi connectivity index (χ4n) is 11.2. The van der Waals surface area contributed by atoms with Crippen LogP contribution in [-0.4, -0.2) is 91.3 Å². The van der Waals surface area contributed by atoms with Gasteiger partial charge in [-0.2, -0.15) is 0 Å². The van der Waals surface area contributed by atoms with E-state index in [9.17, 15) is 5.11 Å². The van der Waals surface area contributed by atoms with E-state index in [1.54, 1.807) is 7.11 Å². The summed E-state index contributed by atoms with van der Waals surface area (Å²) in [5.74, 6) is -0.922. The molecule has 0 amide bonds. The van der Waals surface area contributed by atoms with Gasteiger partial charge in [-0.1, -0.05) is 146 Å². The third kappa shape index (κ3) is 14.1. The second kappa shape index (κ2) is 23.7. The first-order valence-corrected chi connectivity index (χ1v) is 31.4. The molecule has 3 aromatic carbocycles. The molecule has 0 bridgehead atoms. The van der Waals surface area contributed by atoms with Gasteiger partial charge in [-0.25, -0.2) is 0 Å². The fraction of sp³-hybridized carbons (Fsp3) is 0.633. The minimum Gasteiger partial charge on any atom is -0.497 e. The molecule has 1 N–H and O–H groups in total. The molecule has 2 heterocycles. The van der Waals surface area contributed by atoms with Crippen LogP contribution in [0.15, 0.2) is 108 Å². The van der Waals surface area contributed by atoms with Gasteiger partial charge in [0.2, 0.25) is 0 Å². The number of aliphatic hydroxyl groups excluding tert-OH is 1. The van der Waals surface area contributed by atoms with Crippen LogP contribution in [0.5, 0.6) is 5.75 Å². The minimum absolute atomic E-state index is 0.0680. The molecule has 1 spiro atoms. The summed E-state index contributed by atoms with van der Waals surface area (Å²) in [6.45, 7) is 32.7. The highest BCUT2D eigenvalue weighted by atomic mass is 28.4. The first-order chi connectivity index (χ1) is 33.3. The molecule has 394 valence electrons. The number of ether oxygens (including phenoxy) is 6. The number of aliphatic hydroxyl groups is 1. The Morgan fingerprint density at radius 3 is 2.00 bits per heavy atom. The van der Waals surface area contributed by atoms with Crippen molar-refractivity contribution in [3.8, 4) is 5.75 Å². The van der Waals surface area contributed by atoms with Crippen molar-refractivity contribution in [1.82, 2.24) is 0 Å². The van der Waals surface area contributed by atoms with Crippen molar-refractivity contribution in [2.45, 2.75) is 193 Å². The summed E-state index contributed by atoms with van der Waals surface area (Å²) in [7, 11) is -1.17. The molecule has 3 aliphatic rings. The van der Waals surface area contributed by atoms with E-state index in [0.717, 1.165) is 55.6 Å². The van der Waals surface area contributed by atoms with Crippen molar-refractivity contribution in [1.29, 1.82) is 0 Å². The van der Waals surface area contributed by atoms with Crippen molar-refractivity contribution in [2.75, 3.05) is 27.4 Å². The Bertz CT molecular complexity index is 2140. The van der Waals surface area contributed by atoms with Gasteiger partial charge in [0.05, 0.1) is 50.8 Å². The molecular weight excluding hydrogens is 921 g/mol. The molecule has 1 aliphatic carbocycles. The van der Waals surface area contributed by atoms with Gasteiger partial charge >= 0.3 is 0 Å². The van der Waals surface area contributed by atoms with E-state index >= 15 is 0 Å². The van der Waals surface area contributed by atoms with Crippen LogP contribution in [-0.2, 0) is 39.1 Å². The Kier molecular flexibility index (Phi) is 19.2. The quantitative estimate of drug-likeness (QED) is 0.0931. The number of hydrogen-bond acceptors (Lipinski definition) is 9. The first-order valence-electron chi connectivity index (χ1n) is 26.6. The average Bonchev–Trinajstić information content (AvgIpc) is 3.32. The van der Waals surface area contributed by atoms with Crippen LogP contribution in [0, 0.1) is 23.7 Å². The second-order valence-corrected chi connectivity index (χ2v) is 33.4. The van der Waals surface area contributed by atoms with Crippen LogP contribution in [0.25, 0.3) is 0 Å². The van der Waals surface area contributed by atoms with Gasteiger partial charge in [0, 0.05) is 32.0 Å². The molecular formula is C60H92O9Si2. The summed E-state index contributed by atoms with van der Waals surface area (Å²) in [6.07, 6.45) is 7.99. The number of rotatable bonds is 19. The summed E-state index contributed by atoms with van der Waals surface area (Å²) in [5, 5.41) is 14.9. The monoisotopic (exact) mass is 1010 g/mol. The first kappa shape index (κ1) is 57.3. The van der Waals surface area contributed by atoms with Crippen molar-refractivity contribution in [2.24, 2.45) is 23.7 Å². The maximum atomic E-state index is 12.3. The SMILES string of the molecule is COc1ccc(CO[C@H]2CO[C@@]3(C[C@@H]([C@@H](C)[C@@H](O)/C(C)=C/[C@@H]4CC[C@@H](O[Si](c5ccccc5)(c5ccccc5)C(C)(C)C)[C@H](OC)C4)OC(C)(C)O3)[C@@H](/C=C(\C)C[C@H](C)CO[Si](C)(C)C(C)(C)C)C2)cc1. The molecule has 10 atom stereocenters. The fourth-order valence-corrected chi connectivity index (χ4v) is 17.0. The standard InChI is InChI=1S/C60H92O9Si2/c1-42(33-43(2)39-66-70(15,16)57(5,6)7)34-48-37-50(64-40-46-27-30-49(62-13)31-28-46)41-65-60(48)38-55(67-59(11,12)69-60)45(4)56(61)44(3)35-47-29-32-53(54(36-47)63-14)68-71(58(8,9)10,51-23-19-17-20-24-51)52-25-21-18-22-26-52/h17-28,30-31,34-35,43,45,47-48,50,53-56,61H,29,32-33,36-41H2,1-16H3/b42-34+,44-35+/t43-,45+,47-,48-,50+,53+,54+,55-,56-,60+/m0/s1. The van der Waals surface area contributed by atoms with E-state index < -0.39 is 34.3 Å². The lowest BCUT2D eigenvalue weighted by atomic mass is 9.78. The Hall–Kier alpha value is -2.95. The molecule has 0 unspecified atom stereocenters. The van der Waals surface area contributed by atoms with Gasteiger partial charge in [-0.15, -0.1) is 0 Å². The number of allylic oxidation sites excluding steroid dienone is 2. The zero-order chi connectivity index (χ0) is 52.0. The smallest absolute Gasteiger partial charge is 0.261 e. The molecule has 71 heavy (non-hydrogen) atoms. The van der Waals surface area contributed by atoms with Crippen molar-refractivity contribution < 1.29 is 42.4 Å². The largest absolute Gasteiger partial charge is 0.497 e. The molecule has 0 aromatic heterocycles. The number of methoxy groups -OCH3 is 2. The van der Waals surface area contributed by atoms with Crippen LogP contribution in [0.4, 0.5) is 0 Å². The summed E-state index contributed by atoms with van der Waals surface area (Å²) in [4.78, 5) is 0. The van der Waals surface area contributed by atoms with E-state index in [1.807, 2.05) is 45.2 Å². The second-order valence-electron chi connectivity index (χ2n) is 24.4. The van der Waals surface area contributed by atoms with Gasteiger partial charge < -0.3 is 42.4 Å². The predicted octanol–water partition coefficient (Wildman–Crippen LogP) is 12.6. The summed E-state index contributed by atoms with van der Waals surface area (Å²) >= 11 is 0. The molecule has 9 nitrogen and oxygen atoms in total. The van der Waals surface area contributed by atoms with E-state index in [1.165, 1.54) is 15.9 Å². The van der Waals surface area contributed by atoms with Crippen LogP contribution < -0.4 is 15.1 Å². The van der Waals surface area contributed by atoms with Gasteiger partial charge in [0.25, 0.3) is 8.32 Å². The van der Waals surface area contributed by atoms with Gasteiger partial charge in [-0.3, -0.25) is 0 Å². The lowest BCUT2D eigenvalue weighted by molar-refractivity contribution is -0.429. The molecule has 1 saturated carbocycles. The van der Waals surface area contributed by atoms with Gasteiger partial charge in [0.1, 0.15) is 5.75 Å². The van der Waals surface area contributed by atoms with Crippen LogP contribution in [0.3, 0.4) is 0 Å². The maximum absolute atomic E-state index is 12.3. The molecule has 11 heteroatoms. The Morgan fingerprint density at radius 1 is 0.817 bits per heavy atom. The molecule has 0 radical (unpaired) electrons. The van der Waals surface area contributed by atoms with Crippen LogP contribution in [0.1, 0.15) is 127 Å². The van der Waals surface area contributed by atoms with Gasteiger partial charge in [0.15, 0.2) is 19.9 Å². The lowest BCUT2D eigenvalue weighted by Gasteiger charge is -2.54. The predicted molar refractivity (Wildman–Crippen MR) is 293 cm³/mol. The van der Waals surface area contributed by atoms with Crippen LogP contribution >= 0.6 is 0 Å². The summed E-state index contributed by atoms with van der Waals surface area (Å²) in [5.41, 5.74) is 3.30. The van der Waals surface area contributed by atoms with Crippen molar-refractivity contribution in [3.05, 3.63) is 114 Å². The number of benzene rings is 3. The molecule has 6 rings (SSSR count). The molecule has 2 aliphatic heterocycles. The highest BCUT2D eigenvalue weighted by Gasteiger charge is 2.56. The highest BCUT2D eigenvalue weighted by molar-refractivity contribution is 6.99. The Balaban J connectivity index is 1.19. The minimum atomic E-state index is -2.78. The van der Waals surface area contributed by atoms with Gasteiger partial charge in [-0.05, 0) is 128 Å². The zero-order valence-corrected chi connectivity index (χ0v) is 48.5. The molecule has 3 aromatic rings. The lowest BCUT2D eigenvalue weighted by Crippen LogP contribution is -2.68. The van der Waals surface area contributed by atoms with Crippen molar-refractivity contribution in [3.63, 3.8) is 0 Å². The zero-order valence-electron chi connectivity index (χ0n) is 46.5. The Labute approximate surface area is 431 Å². The Morgan fingerprint density at radius 2 is 1.44 bits per heavy atom. The van der Waals surface area contributed by atoms with E-state index in [2.05, 4.69) is 155 Å². The highest BCUT2D eigenvalue weighted by Crippen LogP contribution is 2.48. The third-order valence-electron chi connectivity index (χ3n) is 16.1. The molecule has 3 fully saturated rings. The molecule has 2 saturated heterocycles. The topological polar surface area (TPSA) is 94.1 Å². The summed E-state index contributed by atoms with van der Waals surface area (Å²) in [6, 6.07) is 29.7. The average molecular weight is 1010 g/mol. The van der Waals surface area contributed by atoms with Crippen LogP contribution in [0.2, 0.25) is 23.2 Å².